The van der Waals surface area contributed by atoms with Crippen LogP contribution in [0.4, 0.5) is 0 Å². The summed E-state index contributed by atoms with van der Waals surface area (Å²) in [7, 11) is 0. The van der Waals surface area contributed by atoms with Crippen molar-refractivity contribution in [2.45, 2.75) is 38.5 Å². The number of halogens is 1. The second kappa shape index (κ2) is 3.78. The molecular weight excluding hydrogens is 228 g/mol. The molecule has 3 aliphatic carbocycles. The SMILES string of the molecule is O=C(O)C#CC12CCC(C(=O)Cl)(CC1)CC2. The van der Waals surface area contributed by atoms with E-state index >= 15 is 0 Å². The van der Waals surface area contributed by atoms with Gasteiger partial charge in [-0.05, 0) is 50.1 Å². The number of carbonyl (C=O) groups is 2. The Morgan fingerprint density at radius 1 is 1.06 bits per heavy atom. The van der Waals surface area contributed by atoms with Gasteiger partial charge in [0.1, 0.15) is 0 Å². The van der Waals surface area contributed by atoms with Crippen LogP contribution in [-0.2, 0) is 9.59 Å². The Kier molecular flexibility index (Phi) is 2.71. The number of carboxylic acids is 1. The van der Waals surface area contributed by atoms with Crippen LogP contribution in [0.3, 0.4) is 0 Å². The highest BCUT2D eigenvalue weighted by atomic mass is 35.5. The summed E-state index contributed by atoms with van der Waals surface area (Å²) in [6, 6.07) is 0. The summed E-state index contributed by atoms with van der Waals surface area (Å²) in [6.07, 6.45) is 4.65. The van der Waals surface area contributed by atoms with Crippen LogP contribution in [0.2, 0.25) is 0 Å². The van der Waals surface area contributed by atoms with Gasteiger partial charge in [0.25, 0.3) is 0 Å². The van der Waals surface area contributed by atoms with Gasteiger partial charge >= 0.3 is 5.97 Å². The van der Waals surface area contributed by atoms with Gasteiger partial charge in [0.05, 0.1) is 0 Å². The van der Waals surface area contributed by atoms with Crippen LogP contribution < -0.4 is 0 Å². The highest BCUT2D eigenvalue weighted by molar-refractivity contribution is 6.64. The fourth-order valence-corrected chi connectivity index (χ4v) is 3.14. The summed E-state index contributed by atoms with van der Waals surface area (Å²) in [4.78, 5) is 21.8. The minimum absolute atomic E-state index is 0.174. The van der Waals surface area contributed by atoms with Gasteiger partial charge in [-0.15, -0.1) is 0 Å². The number of fused-ring (bicyclic) bond motifs is 3. The molecule has 2 bridgehead atoms. The van der Waals surface area contributed by atoms with Crippen LogP contribution >= 0.6 is 11.6 Å². The summed E-state index contributed by atoms with van der Waals surface area (Å²) < 4.78 is 0. The van der Waals surface area contributed by atoms with E-state index in [0.717, 1.165) is 38.5 Å². The summed E-state index contributed by atoms with van der Waals surface area (Å²) in [6.45, 7) is 0. The predicted molar refractivity (Wildman–Crippen MR) is 58.8 cm³/mol. The van der Waals surface area contributed by atoms with Gasteiger partial charge in [-0.2, -0.15) is 0 Å². The lowest BCUT2D eigenvalue weighted by molar-refractivity contribution is -0.131. The summed E-state index contributed by atoms with van der Waals surface area (Å²) in [5, 5.41) is 8.33. The molecule has 3 nitrogen and oxygen atoms in total. The van der Waals surface area contributed by atoms with Crippen LogP contribution in [0.25, 0.3) is 0 Å². The Balaban J connectivity index is 2.15. The Hall–Kier alpha value is -1.01. The van der Waals surface area contributed by atoms with E-state index in [1.165, 1.54) is 0 Å². The number of aliphatic carboxylic acids is 1. The normalized spacial score (nSPS) is 36.3. The molecule has 0 amide bonds. The highest BCUT2D eigenvalue weighted by Gasteiger charge is 2.51. The van der Waals surface area contributed by atoms with Crippen LogP contribution in [0.5, 0.6) is 0 Å². The smallest absolute Gasteiger partial charge is 0.381 e. The highest BCUT2D eigenvalue weighted by Crippen LogP contribution is 2.57. The molecule has 3 aliphatic rings. The molecular formula is C12H13ClO3. The zero-order chi connectivity index (χ0) is 11.8. The van der Waals surface area contributed by atoms with Crippen molar-refractivity contribution < 1.29 is 14.7 Å². The summed E-state index contributed by atoms with van der Waals surface area (Å²) in [5.74, 6) is 4.02. The zero-order valence-electron chi connectivity index (χ0n) is 8.88. The first kappa shape index (κ1) is 11.5. The van der Waals surface area contributed by atoms with Gasteiger partial charge in [0, 0.05) is 16.8 Å². The first-order chi connectivity index (χ1) is 7.48. The summed E-state index contributed by atoms with van der Waals surface area (Å²) in [5.41, 5.74) is -0.513. The molecule has 0 spiro atoms. The minimum Gasteiger partial charge on any atom is -0.472 e. The molecule has 0 aromatic rings. The Labute approximate surface area is 99.2 Å². The van der Waals surface area contributed by atoms with E-state index in [1.54, 1.807) is 0 Å². The molecule has 0 aliphatic heterocycles. The Bertz CT molecular complexity index is 378. The van der Waals surface area contributed by atoms with Crippen LogP contribution in [0.1, 0.15) is 38.5 Å². The molecule has 3 fully saturated rings. The number of hydrogen-bond donors (Lipinski definition) is 1. The van der Waals surface area contributed by atoms with E-state index in [4.69, 9.17) is 16.7 Å². The molecule has 0 saturated heterocycles. The van der Waals surface area contributed by atoms with E-state index in [1.807, 2.05) is 0 Å². The van der Waals surface area contributed by atoms with Crippen molar-refractivity contribution in [3.8, 4) is 11.8 Å². The van der Waals surface area contributed by atoms with E-state index in [9.17, 15) is 9.59 Å². The quantitative estimate of drug-likeness (QED) is 0.565. The van der Waals surface area contributed by atoms with Crippen LogP contribution in [0, 0.1) is 22.7 Å². The lowest BCUT2D eigenvalue weighted by Gasteiger charge is -2.49. The third kappa shape index (κ3) is 1.82. The number of rotatable bonds is 1. The standard InChI is InChI=1S/C12H13ClO3/c13-10(16)12-6-3-11(4-7-12,5-8-12)2-1-9(14)15/h3-8H2,(H,14,15). The molecule has 16 heavy (non-hydrogen) atoms. The zero-order valence-corrected chi connectivity index (χ0v) is 9.64. The monoisotopic (exact) mass is 240 g/mol. The van der Waals surface area contributed by atoms with Crippen molar-refractivity contribution >= 4 is 22.8 Å². The first-order valence-electron chi connectivity index (χ1n) is 5.44. The molecule has 3 rings (SSSR count). The average Bonchev–Trinajstić information content (AvgIpc) is 2.29. The molecule has 0 radical (unpaired) electrons. The maximum atomic E-state index is 11.4. The maximum absolute atomic E-state index is 11.4. The van der Waals surface area contributed by atoms with Gasteiger partial charge < -0.3 is 5.11 Å². The van der Waals surface area contributed by atoms with E-state index in [-0.39, 0.29) is 16.1 Å². The molecule has 0 unspecified atom stereocenters. The third-order valence-electron chi connectivity index (χ3n) is 4.10. The largest absolute Gasteiger partial charge is 0.472 e. The van der Waals surface area contributed by atoms with E-state index in [0.29, 0.717) is 0 Å². The fourth-order valence-electron chi connectivity index (χ4n) is 2.85. The van der Waals surface area contributed by atoms with Gasteiger partial charge in [0.2, 0.25) is 5.24 Å². The maximum Gasteiger partial charge on any atom is 0.381 e. The van der Waals surface area contributed by atoms with Crippen molar-refractivity contribution in [2.75, 3.05) is 0 Å². The Morgan fingerprint density at radius 3 is 1.94 bits per heavy atom. The topological polar surface area (TPSA) is 54.4 Å². The molecule has 0 heterocycles. The van der Waals surface area contributed by atoms with Crippen molar-refractivity contribution in [1.82, 2.24) is 0 Å². The van der Waals surface area contributed by atoms with Crippen molar-refractivity contribution in [3.63, 3.8) is 0 Å². The van der Waals surface area contributed by atoms with Crippen molar-refractivity contribution in [3.05, 3.63) is 0 Å². The minimum atomic E-state index is -1.08. The third-order valence-corrected chi connectivity index (χ3v) is 4.50. The molecule has 3 saturated carbocycles. The van der Waals surface area contributed by atoms with Crippen LogP contribution in [0.15, 0.2) is 0 Å². The van der Waals surface area contributed by atoms with Crippen molar-refractivity contribution in [1.29, 1.82) is 0 Å². The van der Waals surface area contributed by atoms with Gasteiger partial charge in [-0.1, -0.05) is 5.92 Å². The number of carboxylic acid groups (broad SMARTS) is 1. The van der Waals surface area contributed by atoms with Gasteiger partial charge in [-0.25, -0.2) is 4.79 Å². The number of hydrogen-bond acceptors (Lipinski definition) is 2. The lowest BCUT2D eigenvalue weighted by Crippen LogP contribution is -2.43. The predicted octanol–water partition coefficient (Wildman–Crippen LogP) is 2.18. The fraction of sp³-hybridized carbons (Fsp3) is 0.667. The summed E-state index contributed by atoms with van der Waals surface area (Å²) >= 11 is 5.64. The Morgan fingerprint density at radius 2 is 1.56 bits per heavy atom. The van der Waals surface area contributed by atoms with Crippen LogP contribution in [-0.4, -0.2) is 16.3 Å². The van der Waals surface area contributed by atoms with E-state index in [2.05, 4.69) is 11.8 Å². The van der Waals surface area contributed by atoms with Crippen molar-refractivity contribution in [2.24, 2.45) is 10.8 Å². The molecule has 4 heteroatoms. The lowest BCUT2D eigenvalue weighted by atomic mass is 9.54. The number of carbonyl (C=O) groups excluding carboxylic acids is 1. The second-order valence-corrected chi connectivity index (χ2v) is 5.23. The first-order valence-corrected chi connectivity index (χ1v) is 5.82. The molecule has 0 aromatic carbocycles. The van der Waals surface area contributed by atoms with E-state index < -0.39 is 5.97 Å². The van der Waals surface area contributed by atoms with Gasteiger partial charge in [-0.3, -0.25) is 4.79 Å². The molecule has 86 valence electrons. The second-order valence-electron chi connectivity index (χ2n) is 4.89. The molecule has 0 aromatic heterocycles. The average molecular weight is 241 g/mol. The molecule has 0 atom stereocenters. The van der Waals surface area contributed by atoms with Gasteiger partial charge in [0.15, 0.2) is 0 Å². The molecule has 1 N–H and O–H groups in total.